The minimum atomic E-state index is -1.41. The monoisotopic (exact) mass is 246 g/mol. The molecule has 0 aromatic rings. The second-order valence-corrected chi connectivity index (χ2v) is 15.7. The molecular formula is C11H30N2Si2. The van der Waals surface area contributed by atoms with Crippen LogP contribution in [-0.2, 0) is 0 Å². The predicted octanol–water partition coefficient (Wildman–Crippen LogP) is 3.28. The van der Waals surface area contributed by atoms with Crippen molar-refractivity contribution in [2.75, 3.05) is 7.05 Å². The quantitative estimate of drug-likeness (QED) is 0.728. The maximum Gasteiger partial charge on any atom is 0.191 e. The molecule has 0 fully saturated rings. The Bertz CT molecular complexity index is 199. The summed E-state index contributed by atoms with van der Waals surface area (Å²) in [5.74, 6) is 0. The molecule has 0 aliphatic heterocycles. The minimum Gasteiger partial charge on any atom is -0.347 e. The zero-order valence-electron chi connectivity index (χ0n) is 11.9. The first-order valence-electron chi connectivity index (χ1n) is 6.06. The third kappa shape index (κ3) is 4.38. The standard InChI is InChI=1S/C11H30N2Si2/c1-9-10-15(8,12-5)13-14(6,7)11(2,3)4/h12-13H,9-10H2,1-8H3. The fourth-order valence-corrected chi connectivity index (χ4v) is 10.9. The van der Waals surface area contributed by atoms with Crippen LogP contribution in [0.4, 0.5) is 0 Å². The summed E-state index contributed by atoms with van der Waals surface area (Å²) in [5.41, 5.74) is 0. The molecule has 0 aliphatic carbocycles. The molecule has 2 N–H and O–H groups in total. The van der Waals surface area contributed by atoms with Crippen molar-refractivity contribution in [3.8, 4) is 0 Å². The van der Waals surface area contributed by atoms with Crippen molar-refractivity contribution >= 4 is 16.6 Å². The smallest absolute Gasteiger partial charge is 0.191 e. The first kappa shape index (κ1) is 15.4. The van der Waals surface area contributed by atoms with Crippen molar-refractivity contribution in [1.29, 1.82) is 0 Å². The molecule has 1 atom stereocenters. The van der Waals surface area contributed by atoms with Gasteiger partial charge in [-0.1, -0.05) is 47.2 Å². The van der Waals surface area contributed by atoms with E-state index in [1.54, 1.807) is 0 Å². The van der Waals surface area contributed by atoms with Gasteiger partial charge in [0, 0.05) is 0 Å². The van der Waals surface area contributed by atoms with E-state index >= 15 is 0 Å². The molecule has 0 bridgehead atoms. The lowest BCUT2D eigenvalue weighted by molar-refractivity contribution is 0.706. The Morgan fingerprint density at radius 1 is 1.07 bits per heavy atom. The van der Waals surface area contributed by atoms with Crippen LogP contribution in [0.25, 0.3) is 0 Å². The molecule has 0 rings (SSSR count). The van der Waals surface area contributed by atoms with Crippen molar-refractivity contribution in [2.24, 2.45) is 0 Å². The van der Waals surface area contributed by atoms with E-state index < -0.39 is 16.6 Å². The van der Waals surface area contributed by atoms with Crippen molar-refractivity contribution < 1.29 is 0 Å². The van der Waals surface area contributed by atoms with Gasteiger partial charge in [0.2, 0.25) is 0 Å². The summed E-state index contributed by atoms with van der Waals surface area (Å²) in [6.45, 7) is 16.7. The fourth-order valence-electron chi connectivity index (χ4n) is 1.63. The number of nitrogens with one attached hydrogen (secondary N) is 2. The molecular weight excluding hydrogens is 216 g/mol. The van der Waals surface area contributed by atoms with E-state index in [-0.39, 0.29) is 0 Å². The zero-order chi connectivity index (χ0) is 12.3. The summed E-state index contributed by atoms with van der Waals surface area (Å²) in [6.07, 6.45) is 1.27. The largest absolute Gasteiger partial charge is 0.347 e. The van der Waals surface area contributed by atoms with Crippen LogP contribution in [-0.4, -0.2) is 23.7 Å². The molecule has 0 aromatic carbocycles. The second kappa shape index (κ2) is 5.12. The Morgan fingerprint density at radius 2 is 1.53 bits per heavy atom. The Hall–Kier alpha value is 0.354. The molecule has 0 radical (unpaired) electrons. The van der Waals surface area contributed by atoms with Gasteiger partial charge in [0.1, 0.15) is 8.24 Å². The third-order valence-corrected chi connectivity index (χ3v) is 14.8. The van der Waals surface area contributed by atoms with Crippen molar-refractivity contribution in [3.63, 3.8) is 0 Å². The van der Waals surface area contributed by atoms with Gasteiger partial charge in [-0.15, -0.1) is 0 Å². The molecule has 0 saturated carbocycles. The lowest BCUT2D eigenvalue weighted by atomic mass is 10.2. The first-order chi connectivity index (χ1) is 6.58. The molecule has 4 heteroatoms. The maximum atomic E-state index is 4.03. The average molecular weight is 247 g/mol. The highest BCUT2D eigenvalue weighted by Crippen LogP contribution is 2.34. The molecule has 0 heterocycles. The minimum absolute atomic E-state index is 0.422. The molecule has 0 aliphatic rings. The van der Waals surface area contributed by atoms with E-state index in [0.29, 0.717) is 5.04 Å². The Balaban J connectivity index is 4.68. The lowest BCUT2D eigenvalue weighted by Gasteiger charge is -2.44. The molecule has 15 heavy (non-hydrogen) atoms. The van der Waals surface area contributed by atoms with Gasteiger partial charge in [-0.25, -0.2) is 0 Å². The van der Waals surface area contributed by atoms with E-state index in [2.05, 4.69) is 64.0 Å². The SMILES string of the molecule is CCC[Si](C)(NC)N[Si](C)(C)C(C)(C)C. The molecule has 0 spiro atoms. The highest BCUT2D eigenvalue weighted by atomic mass is 28.4. The van der Waals surface area contributed by atoms with E-state index in [0.717, 1.165) is 0 Å². The van der Waals surface area contributed by atoms with Gasteiger partial charge in [-0.3, -0.25) is 0 Å². The van der Waals surface area contributed by atoms with Crippen LogP contribution >= 0.6 is 0 Å². The zero-order valence-corrected chi connectivity index (χ0v) is 13.9. The van der Waals surface area contributed by atoms with Crippen molar-refractivity contribution in [1.82, 2.24) is 9.63 Å². The summed E-state index contributed by atoms with van der Waals surface area (Å²) in [4.78, 5) is 3.57. The van der Waals surface area contributed by atoms with Crippen molar-refractivity contribution in [2.45, 2.75) is 64.8 Å². The molecule has 1 unspecified atom stereocenters. The average Bonchev–Trinajstić information content (AvgIpc) is 2.01. The highest BCUT2D eigenvalue weighted by molar-refractivity contribution is 6.92. The van der Waals surface area contributed by atoms with Crippen molar-refractivity contribution in [3.05, 3.63) is 0 Å². The van der Waals surface area contributed by atoms with Crippen LogP contribution in [0.5, 0.6) is 0 Å². The predicted molar refractivity (Wildman–Crippen MR) is 76.1 cm³/mol. The van der Waals surface area contributed by atoms with Crippen LogP contribution in [0.2, 0.25) is 30.7 Å². The summed E-state index contributed by atoms with van der Waals surface area (Å²) in [7, 11) is -0.643. The topological polar surface area (TPSA) is 24.1 Å². The van der Waals surface area contributed by atoms with Gasteiger partial charge in [0.25, 0.3) is 0 Å². The van der Waals surface area contributed by atoms with Crippen LogP contribution in [0.3, 0.4) is 0 Å². The first-order valence-corrected chi connectivity index (χ1v) is 11.8. The van der Waals surface area contributed by atoms with Gasteiger partial charge in [-0.05, 0) is 24.7 Å². The van der Waals surface area contributed by atoms with Gasteiger partial charge in [-0.2, -0.15) is 0 Å². The number of hydrogen-bond donors (Lipinski definition) is 2. The number of hydrogen-bond acceptors (Lipinski definition) is 2. The van der Waals surface area contributed by atoms with Crippen LogP contribution in [0, 0.1) is 0 Å². The number of rotatable bonds is 5. The molecule has 0 amide bonds. The van der Waals surface area contributed by atoms with Crippen LogP contribution in [0.1, 0.15) is 34.1 Å². The lowest BCUT2D eigenvalue weighted by Crippen LogP contribution is -2.69. The molecule has 0 saturated heterocycles. The summed E-state index contributed by atoms with van der Waals surface area (Å²) < 4.78 is 4.03. The maximum absolute atomic E-state index is 4.03. The van der Waals surface area contributed by atoms with E-state index in [1.165, 1.54) is 12.5 Å². The third-order valence-electron chi connectivity index (χ3n) is 3.77. The Kier molecular flexibility index (Phi) is 5.24. The summed E-state index contributed by atoms with van der Waals surface area (Å²) in [6, 6.07) is 1.32. The van der Waals surface area contributed by atoms with E-state index in [4.69, 9.17) is 0 Å². The molecule has 2 nitrogen and oxygen atoms in total. The van der Waals surface area contributed by atoms with Gasteiger partial charge >= 0.3 is 0 Å². The van der Waals surface area contributed by atoms with E-state index in [1.807, 2.05) is 0 Å². The van der Waals surface area contributed by atoms with Gasteiger partial charge < -0.3 is 9.63 Å². The van der Waals surface area contributed by atoms with Crippen LogP contribution in [0.15, 0.2) is 0 Å². The van der Waals surface area contributed by atoms with Gasteiger partial charge in [0.05, 0.1) is 0 Å². The Labute approximate surface area is 98.5 Å². The van der Waals surface area contributed by atoms with Gasteiger partial charge in [0.15, 0.2) is 8.40 Å². The Morgan fingerprint density at radius 3 is 1.80 bits per heavy atom. The second-order valence-electron chi connectivity index (χ2n) is 6.33. The summed E-state index contributed by atoms with van der Waals surface area (Å²) in [5, 5.41) is 0.422. The summed E-state index contributed by atoms with van der Waals surface area (Å²) >= 11 is 0. The van der Waals surface area contributed by atoms with E-state index in [9.17, 15) is 0 Å². The fraction of sp³-hybridized carbons (Fsp3) is 1.00. The molecule has 0 aromatic heterocycles. The molecule has 92 valence electrons. The highest BCUT2D eigenvalue weighted by Gasteiger charge is 2.41. The normalized spacial score (nSPS) is 17.6. The van der Waals surface area contributed by atoms with Crippen LogP contribution < -0.4 is 9.63 Å².